The topological polar surface area (TPSA) is 204 Å². The van der Waals surface area contributed by atoms with Crippen molar-refractivity contribution in [2.24, 2.45) is 5.41 Å². The summed E-state index contributed by atoms with van der Waals surface area (Å²) in [6.07, 6.45) is -3.58. The van der Waals surface area contributed by atoms with Gasteiger partial charge < -0.3 is 29.9 Å². The van der Waals surface area contributed by atoms with Crippen molar-refractivity contribution in [2.45, 2.75) is 57.6 Å². The van der Waals surface area contributed by atoms with Gasteiger partial charge in [0, 0.05) is 4.47 Å². The number of nitrogen functional groups attached to an aromatic ring is 1. The van der Waals surface area contributed by atoms with Gasteiger partial charge >= 0.3 is 13.7 Å². The number of hydrogen-bond acceptors (Lipinski definition) is 12. The summed E-state index contributed by atoms with van der Waals surface area (Å²) >= 11 is 3.31. The van der Waals surface area contributed by atoms with Gasteiger partial charge in [0.1, 0.15) is 48.0 Å². The molecule has 16 heteroatoms. The van der Waals surface area contributed by atoms with E-state index in [2.05, 4.69) is 31.1 Å². The van der Waals surface area contributed by atoms with Gasteiger partial charge in [-0.2, -0.15) is 15.4 Å². The van der Waals surface area contributed by atoms with Crippen molar-refractivity contribution in [3.63, 3.8) is 0 Å². The van der Waals surface area contributed by atoms with Gasteiger partial charge in [-0.3, -0.25) is 9.32 Å². The lowest BCUT2D eigenvalue weighted by atomic mass is 9.92. The van der Waals surface area contributed by atoms with Gasteiger partial charge in [0.25, 0.3) is 0 Å². The second-order valence-electron chi connectivity index (χ2n) is 11.0. The molecule has 1 saturated heterocycles. The lowest BCUT2D eigenvalue weighted by Gasteiger charge is -2.26. The van der Waals surface area contributed by atoms with E-state index in [-0.39, 0.29) is 29.3 Å². The highest BCUT2D eigenvalue weighted by Gasteiger charge is 2.58. The number of nitrogens with two attached hydrogens (primary N) is 1. The van der Waals surface area contributed by atoms with Crippen molar-refractivity contribution in [1.29, 1.82) is 5.26 Å². The summed E-state index contributed by atoms with van der Waals surface area (Å²) in [4.78, 5) is 16.5. The normalized spacial score (nSPS) is 24.6. The van der Waals surface area contributed by atoms with Crippen molar-refractivity contribution >= 4 is 41.0 Å². The molecular formula is C26H32BrN6O8P. The Morgan fingerprint density at radius 1 is 1.31 bits per heavy atom. The van der Waals surface area contributed by atoms with Crippen LogP contribution in [0.5, 0.6) is 5.75 Å². The van der Waals surface area contributed by atoms with E-state index in [0.717, 1.165) is 4.47 Å². The molecule has 1 aromatic carbocycles. The molecular weight excluding hydrogens is 635 g/mol. The molecule has 1 aliphatic heterocycles. The van der Waals surface area contributed by atoms with Crippen LogP contribution >= 0.6 is 23.7 Å². The number of carbonyl (C=O) groups is 1. The first kappa shape index (κ1) is 31.8. The number of esters is 1. The number of aliphatic hydroxyl groups is 2. The Bertz CT molecular complexity index is 1520. The standard InChI is InChI=1S/C26H32BrN6O8P/c1-15(24(36)38-13-25(2,3)4)32-42(37,41-17-7-5-16(27)6-8-17)39-11-19-21(34)22(35)26(12-28,40-19)20-10-9-18-23(29)30-14-31-33(18)20/h5-10,14-15,19,21-22,34-35H,11,13H2,1-4H3,(H,32,37)(H2,29,30,31)/t15-,19+,21+,22+,26-,42?/m0/s1. The smallest absolute Gasteiger partial charge is 0.459 e. The van der Waals surface area contributed by atoms with Gasteiger partial charge in [-0.1, -0.05) is 36.7 Å². The van der Waals surface area contributed by atoms with Crippen LogP contribution in [0.15, 0.2) is 47.2 Å². The Morgan fingerprint density at radius 3 is 2.64 bits per heavy atom. The van der Waals surface area contributed by atoms with Gasteiger partial charge in [0.05, 0.1) is 18.9 Å². The number of aromatic nitrogens is 3. The highest BCUT2D eigenvalue weighted by atomic mass is 79.9. The van der Waals surface area contributed by atoms with Gasteiger partial charge in [-0.05, 0) is 48.7 Å². The zero-order chi connectivity index (χ0) is 30.9. The second-order valence-corrected chi connectivity index (χ2v) is 13.6. The van der Waals surface area contributed by atoms with Crippen LogP contribution in [0.4, 0.5) is 5.82 Å². The van der Waals surface area contributed by atoms with E-state index in [4.69, 9.17) is 24.3 Å². The molecule has 0 bridgehead atoms. The van der Waals surface area contributed by atoms with Crippen LogP contribution in [0.2, 0.25) is 0 Å². The van der Waals surface area contributed by atoms with Crippen molar-refractivity contribution in [2.75, 3.05) is 18.9 Å². The number of fused-ring (bicyclic) bond motifs is 1. The Balaban J connectivity index is 1.56. The third-order valence-electron chi connectivity index (χ3n) is 6.29. The maximum atomic E-state index is 13.9. The first-order chi connectivity index (χ1) is 19.7. The Morgan fingerprint density at radius 2 is 2.00 bits per heavy atom. The van der Waals surface area contributed by atoms with Crippen LogP contribution in [0, 0.1) is 16.7 Å². The fourth-order valence-corrected chi connectivity index (χ4v) is 5.92. The lowest BCUT2D eigenvalue weighted by molar-refractivity contribution is -0.148. The molecule has 0 aliphatic carbocycles. The van der Waals surface area contributed by atoms with Gasteiger partial charge in [0.2, 0.25) is 5.60 Å². The molecule has 1 aliphatic rings. The highest BCUT2D eigenvalue weighted by Crippen LogP contribution is 2.47. The second kappa shape index (κ2) is 12.3. The minimum absolute atomic E-state index is 0.0887. The SMILES string of the molecule is C[C@H](NP(=O)(OC[C@H]1O[C@@](C#N)(c2ccc3c(N)ncnn23)[C@H](O)[C@@H]1O)Oc1ccc(Br)cc1)C(=O)OCC(C)(C)C. The minimum Gasteiger partial charge on any atom is -0.464 e. The molecule has 226 valence electrons. The molecule has 6 atom stereocenters. The Labute approximate surface area is 250 Å². The average molecular weight is 667 g/mol. The van der Waals surface area contributed by atoms with Gasteiger partial charge in [-0.25, -0.2) is 14.1 Å². The van der Waals surface area contributed by atoms with E-state index in [0.29, 0.717) is 5.52 Å². The average Bonchev–Trinajstić information content (AvgIpc) is 3.48. The highest BCUT2D eigenvalue weighted by molar-refractivity contribution is 9.10. The monoisotopic (exact) mass is 666 g/mol. The van der Waals surface area contributed by atoms with Crippen molar-refractivity contribution in [3.05, 3.63) is 52.9 Å². The zero-order valence-corrected chi connectivity index (χ0v) is 25.8. The quantitative estimate of drug-likeness (QED) is 0.182. The first-order valence-electron chi connectivity index (χ1n) is 12.9. The van der Waals surface area contributed by atoms with E-state index < -0.39 is 50.3 Å². The number of anilines is 1. The molecule has 0 spiro atoms. The summed E-state index contributed by atoms with van der Waals surface area (Å²) < 4.78 is 38.5. The predicted molar refractivity (Wildman–Crippen MR) is 153 cm³/mol. The van der Waals surface area contributed by atoms with Crippen LogP contribution in [0.1, 0.15) is 33.4 Å². The Kier molecular flexibility index (Phi) is 9.29. The summed E-state index contributed by atoms with van der Waals surface area (Å²) in [5.41, 5.74) is 3.96. The van der Waals surface area contributed by atoms with Crippen LogP contribution in [-0.4, -0.2) is 68.3 Å². The van der Waals surface area contributed by atoms with E-state index >= 15 is 0 Å². The maximum absolute atomic E-state index is 13.9. The van der Waals surface area contributed by atoms with Gasteiger partial charge in [0.15, 0.2) is 5.82 Å². The molecule has 42 heavy (non-hydrogen) atoms. The molecule has 14 nitrogen and oxygen atoms in total. The molecule has 2 aromatic heterocycles. The minimum atomic E-state index is -4.35. The van der Waals surface area contributed by atoms with Crippen LogP contribution in [0.25, 0.3) is 5.52 Å². The number of nitriles is 1. The van der Waals surface area contributed by atoms with Crippen LogP contribution in [-0.2, 0) is 29.0 Å². The summed E-state index contributed by atoms with van der Waals surface area (Å²) in [5.74, 6) is -0.407. The van der Waals surface area contributed by atoms with E-state index in [1.807, 2.05) is 26.8 Å². The number of benzene rings is 1. The maximum Gasteiger partial charge on any atom is 0.459 e. The molecule has 5 N–H and O–H groups in total. The van der Waals surface area contributed by atoms with Crippen molar-refractivity contribution in [1.82, 2.24) is 19.7 Å². The molecule has 1 fully saturated rings. The number of ether oxygens (including phenoxy) is 2. The molecule has 3 aromatic rings. The number of nitrogens with zero attached hydrogens (tertiary/aromatic N) is 4. The third-order valence-corrected chi connectivity index (χ3v) is 8.46. The lowest BCUT2D eigenvalue weighted by Crippen LogP contribution is -2.41. The van der Waals surface area contributed by atoms with E-state index in [1.54, 1.807) is 18.2 Å². The fourth-order valence-electron chi connectivity index (χ4n) is 4.15. The van der Waals surface area contributed by atoms with Gasteiger partial charge in [-0.15, -0.1) is 0 Å². The zero-order valence-electron chi connectivity index (χ0n) is 23.3. The number of halogens is 1. The van der Waals surface area contributed by atoms with Crippen LogP contribution in [0.3, 0.4) is 0 Å². The number of aliphatic hydroxyl groups excluding tert-OH is 2. The molecule has 4 rings (SSSR count). The van der Waals surface area contributed by atoms with Crippen molar-refractivity contribution in [3.8, 4) is 11.8 Å². The molecule has 0 amide bonds. The molecule has 1 unspecified atom stereocenters. The molecule has 0 saturated carbocycles. The largest absolute Gasteiger partial charge is 0.464 e. The number of rotatable bonds is 10. The molecule has 3 heterocycles. The number of carbonyl (C=O) groups excluding carboxylic acids is 1. The fraction of sp³-hybridized carbons (Fsp3) is 0.462. The summed E-state index contributed by atoms with van der Waals surface area (Å²) in [5, 5.41) is 38.7. The number of hydrogen-bond donors (Lipinski definition) is 4. The van der Waals surface area contributed by atoms with Crippen LogP contribution < -0.4 is 15.3 Å². The third kappa shape index (κ3) is 6.76. The predicted octanol–water partition coefficient (Wildman–Crippen LogP) is 2.68. The first-order valence-corrected chi connectivity index (χ1v) is 15.2. The summed E-state index contributed by atoms with van der Waals surface area (Å²) in [6, 6.07) is 10.2. The summed E-state index contributed by atoms with van der Waals surface area (Å²) in [6.45, 7) is 6.63. The van der Waals surface area contributed by atoms with Crippen molar-refractivity contribution < 1.29 is 38.1 Å². The van der Waals surface area contributed by atoms with E-state index in [1.165, 1.54) is 36.0 Å². The summed E-state index contributed by atoms with van der Waals surface area (Å²) in [7, 11) is -4.35. The number of nitrogens with one attached hydrogen (secondary N) is 1. The molecule has 0 radical (unpaired) electrons. The van der Waals surface area contributed by atoms with E-state index in [9.17, 15) is 24.8 Å². The Hall–Kier alpha value is -3.09.